The zero-order chi connectivity index (χ0) is 17.5. The molecule has 0 saturated heterocycles. The highest BCUT2D eigenvalue weighted by Gasteiger charge is 2.08. The smallest absolute Gasteiger partial charge is 0.0639 e. The van der Waals surface area contributed by atoms with Gasteiger partial charge in [0.2, 0.25) is 0 Å². The first-order chi connectivity index (χ1) is 11.7. The average molecular weight is 334 g/mol. The molecule has 1 aromatic carbocycles. The van der Waals surface area contributed by atoms with Crippen LogP contribution in [0.1, 0.15) is 83.6 Å². The second kappa shape index (κ2) is 14.5. The minimum atomic E-state index is -0.253. The molecule has 1 unspecified atom stereocenters. The summed E-state index contributed by atoms with van der Waals surface area (Å²) in [5.41, 5.74) is 1.34. The van der Waals surface area contributed by atoms with E-state index in [4.69, 9.17) is 0 Å². The van der Waals surface area contributed by atoms with Crippen molar-refractivity contribution in [1.29, 1.82) is 0 Å². The normalized spacial score (nSPS) is 12.7. The summed E-state index contributed by atoms with van der Waals surface area (Å²) in [6.07, 6.45) is 13.5. The third-order valence-corrected chi connectivity index (χ3v) is 4.60. The van der Waals surface area contributed by atoms with Crippen molar-refractivity contribution >= 4 is 0 Å². The Hall–Kier alpha value is -0.860. The Labute approximate surface area is 150 Å². The molecule has 2 heteroatoms. The Morgan fingerprint density at radius 3 is 1.92 bits per heavy atom. The van der Waals surface area contributed by atoms with Crippen molar-refractivity contribution in [3.8, 4) is 0 Å². The van der Waals surface area contributed by atoms with E-state index in [-0.39, 0.29) is 6.10 Å². The van der Waals surface area contributed by atoms with Crippen molar-refractivity contribution in [1.82, 2.24) is 4.90 Å². The zero-order valence-electron chi connectivity index (χ0n) is 16.1. The first-order valence-corrected chi connectivity index (χ1v) is 10.2. The zero-order valence-corrected chi connectivity index (χ0v) is 16.1. The molecule has 24 heavy (non-hydrogen) atoms. The van der Waals surface area contributed by atoms with Gasteiger partial charge in [0.25, 0.3) is 0 Å². The molecule has 2 nitrogen and oxygen atoms in total. The van der Waals surface area contributed by atoms with Crippen LogP contribution in [-0.2, 0) is 6.54 Å². The van der Waals surface area contributed by atoms with Crippen LogP contribution in [0, 0.1) is 0 Å². The maximum atomic E-state index is 9.72. The molecule has 1 rings (SSSR count). The van der Waals surface area contributed by atoms with Crippen molar-refractivity contribution in [2.24, 2.45) is 0 Å². The highest BCUT2D eigenvalue weighted by atomic mass is 16.3. The number of benzene rings is 1. The van der Waals surface area contributed by atoms with Crippen LogP contribution in [0.25, 0.3) is 0 Å². The lowest BCUT2D eigenvalue weighted by Gasteiger charge is -2.23. The number of hydrogen-bond donors (Lipinski definition) is 1. The summed E-state index contributed by atoms with van der Waals surface area (Å²) in [6, 6.07) is 10.6. The van der Waals surface area contributed by atoms with Gasteiger partial charge < -0.3 is 5.11 Å². The third-order valence-electron chi connectivity index (χ3n) is 4.60. The van der Waals surface area contributed by atoms with Gasteiger partial charge in [-0.25, -0.2) is 0 Å². The average Bonchev–Trinajstić information content (AvgIpc) is 2.57. The molecule has 0 amide bonds. The van der Waals surface area contributed by atoms with E-state index >= 15 is 0 Å². The van der Waals surface area contributed by atoms with Crippen molar-refractivity contribution < 1.29 is 5.11 Å². The molecule has 0 spiro atoms. The Morgan fingerprint density at radius 2 is 1.38 bits per heavy atom. The van der Waals surface area contributed by atoms with Gasteiger partial charge in [-0.15, -0.1) is 0 Å². The van der Waals surface area contributed by atoms with E-state index in [0.29, 0.717) is 0 Å². The number of hydrogen-bond acceptors (Lipinski definition) is 2. The van der Waals surface area contributed by atoms with Crippen LogP contribution in [-0.4, -0.2) is 29.2 Å². The lowest BCUT2D eigenvalue weighted by Crippen LogP contribution is -2.31. The van der Waals surface area contributed by atoms with Crippen LogP contribution in [0.15, 0.2) is 30.3 Å². The fourth-order valence-corrected chi connectivity index (χ4v) is 3.27. The van der Waals surface area contributed by atoms with E-state index < -0.39 is 0 Å². The summed E-state index contributed by atoms with van der Waals surface area (Å²) in [5.74, 6) is 0. The molecule has 0 fully saturated rings. The number of nitrogens with zero attached hydrogens (tertiary/aromatic N) is 1. The quantitative estimate of drug-likeness (QED) is 0.411. The SMILES string of the molecule is CCCCCCCCCCCCN(Cc1ccccc1)CC(C)O. The Balaban J connectivity index is 2.10. The lowest BCUT2D eigenvalue weighted by atomic mass is 10.1. The topological polar surface area (TPSA) is 23.5 Å². The standard InChI is InChI=1S/C22H39NO/c1-3-4-5-6-7-8-9-10-11-15-18-23(19-21(2)24)20-22-16-13-12-14-17-22/h12-14,16-17,21,24H,3-11,15,18-20H2,1-2H3. The molecule has 0 aromatic heterocycles. The Bertz CT molecular complexity index is 377. The summed E-state index contributed by atoms with van der Waals surface area (Å²) in [7, 11) is 0. The number of aliphatic hydroxyl groups excluding tert-OH is 1. The van der Waals surface area contributed by atoms with Crippen LogP contribution < -0.4 is 0 Å². The van der Waals surface area contributed by atoms with Crippen molar-refractivity contribution in [2.75, 3.05) is 13.1 Å². The summed E-state index contributed by atoms with van der Waals surface area (Å²) >= 11 is 0. The van der Waals surface area contributed by atoms with Crippen LogP contribution in [0.5, 0.6) is 0 Å². The number of unbranched alkanes of at least 4 members (excludes halogenated alkanes) is 9. The summed E-state index contributed by atoms with van der Waals surface area (Å²) in [4.78, 5) is 2.39. The first-order valence-electron chi connectivity index (χ1n) is 10.2. The number of aliphatic hydroxyl groups is 1. The van der Waals surface area contributed by atoms with Gasteiger partial charge in [0, 0.05) is 13.1 Å². The van der Waals surface area contributed by atoms with Crippen LogP contribution in [0.4, 0.5) is 0 Å². The van der Waals surface area contributed by atoms with Crippen molar-refractivity contribution in [3.63, 3.8) is 0 Å². The maximum Gasteiger partial charge on any atom is 0.0639 e. The maximum absolute atomic E-state index is 9.72. The second-order valence-corrected chi connectivity index (χ2v) is 7.25. The molecule has 0 aliphatic rings. The molecule has 1 aromatic rings. The highest BCUT2D eigenvalue weighted by molar-refractivity contribution is 5.14. The van der Waals surface area contributed by atoms with Crippen LogP contribution >= 0.6 is 0 Å². The van der Waals surface area contributed by atoms with Crippen molar-refractivity contribution in [3.05, 3.63) is 35.9 Å². The monoisotopic (exact) mass is 333 g/mol. The molecular formula is C22H39NO. The predicted molar refractivity (Wildman–Crippen MR) is 105 cm³/mol. The van der Waals surface area contributed by atoms with E-state index in [1.165, 1.54) is 69.8 Å². The van der Waals surface area contributed by atoms with Gasteiger partial charge in [-0.1, -0.05) is 95.0 Å². The minimum Gasteiger partial charge on any atom is -0.392 e. The summed E-state index contributed by atoms with van der Waals surface area (Å²) in [6.45, 7) is 6.97. The molecule has 138 valence electrons. The summed E-state index contributed by atoms with van der Waals surface area (Å²) < 4.78 is 0. The lowest BCUT2D eigenvalue weighted by molar-refractivity contribution is 0.121. The molecule has 0 saturated carbocycles. The van der Waals surface area contributed by atoms with Crippen LogP contribution in [0.3, 0.4) is 0 Å². The molecule has 0 aliphatic heterocycles. The third kappa shape index (κ3) is 11.6. The minimum absolute atomic E-state index is 0.253. The van der Waals surface area contributed by atoms with Gasteiger partial charge >= 0.3 is 0 Å². The number of rotatable bonds is 15. The van der Waals surface area contributed by atoms with Gasteiger partial charge in [-0.2, -0.15) is 0 Å². The largest absolute Gasteiger partial charge is 0.392 e. The van der Waals surface area contributed by atoms with E-state index in [1.54, 1.807) is 0 Å². The first kappa shape index (κ1) is 21.2. The van der Waals surface area contributed by atoms with Gasteiger partial charge in [0.05, 0.1) is 6.10 Å². The molecule has 1 N–H and O–H groups in total. The van der Waals surface area contributed by atoms with E-state index in [1.807, 2.05) is 6.92 Å². The fraction of sp³-hybridized carbons (Fsp3) is 0.727. The van der Waals surface area contributed by atoms with E-state index in [0.717, 1.165) is 19.6 Å². The Kier molecular flexibility index (Phi) is 12.8. The predicted octanol–water partition coefficient (Wildman–Crippen LogP) is 5.79. The molecule has 0 heterocycles. The van der Waals surface area contributed by atoms with Crippen molar-refractivity contribution in [2.45, 2.75) is 90.7 Å². The van der Waals surface area contributed by atoms with E-state index in [2.05, 4.69) is 42.2 Å². The van der Waals surface area contributed by atoms with E-state index in [9.17, 15) is 5.11 Å². The second-order valence-electron chi connectivity index (χ2n) is 7.25. The molecular weight excluding hydrogens is 294 g/mol. The van der Waals surface area contributed by atoms with Gasteiger partial charge in [0.15, 0.2) is 0 Å². The fourth-order valence-electron chi connectivity index (χ4n) is 3.27. The van der Waals surface area contributed by atoms with Gasteiger partial charge in [-0.3, -0.25) is 4.90 Å². The Morgan fingerprint density at radius 1 is 0.833 bits per heavy atom. The molecule has 1 atom stereocenters. The molecule has 0 bridgehead atoms. The van der Waals surface area contributed by atoms with Gasteiger partial charge in [-0.05, 0) is 25.5 Å². The van der Waals surface area contributed by atoms with Crippen LogP contribution in [0.2, 0.25) is 0 Å². The summed E-state index contributed by atoms with van der Waals surface area (Å²) in [5, 5.41) is 9.72. The highest BCUT2D eigenvalue weighted by Crippen LogP contribution is 2.12. The molecule has 0 aliphatic carbocycles. The van der Waals surface area contributed by atoms with Gasteiger partial charge in [0.1, 0.15) is 0 Å². The molecule has 0 radical (unpaired) electrons.